The van der Waals surface area contributed by atoms with Crippen molar-refractivity contribution in [3.63, 3.8) is 0 Å². The molecule has 1 amide bonds. The quantitative estimate of drug-likeness (QED) is 0.448. The van der Waals surface area contributed by atoms with Crippen molar-refractivity contribution in [2.24, 2.45) is 0 Å². The monoisotopic (exact) mass is 531 g/mol. The van der Waals surface area contributed by atoms with Crippen LogP contribution in [0.15, 0.2) is 30.3 Å². The van der Waals surface area contributed by atoms with Gasteiger partial charge in [0.15, 0.2) is 11.5 Å². The summed E-state index contributed by atoms with van der Waals surface area (Å²) in [6.45, 7) is 0.771. The van der Waals surface area contributed by atoms with Gasteiger partial charge in [0.25, 0.3) is 16.0 Å². The van der Waals surface area contributed by atoms with E-state index in [2.05, 4.69) is 0 Å². The molecule has 3 rings (SSSR count). The van der Waals surface area contributed by atoms with Crippen LogP contribution < -0.4 is 14.2 Å². The maximum atomic E-state index is 13.5. The van der Waals surface area contributed by atoms with Crippen LogP contribution in [-0.2, 0) is 19.7 Å². The van der Waals surface area contributed by atoms with Crippen molar-refractivity contribution >= 4 is 39.2 Å². The number of likely N-dealkylation sites (tertiary alicyclic amines) is 1. The third-order valence-electron chi connectivity index (χ3n) is 5.96. The molecule has 11 heteroatoms. The van der Waals surface area contributed by atoms with Gasteiger partial charge in [0, 0.05) is 24.1 Å². The second-order valence-corrected chi connectivity index (χ2v) is 10.5. The minimum atomic E-state index is -3.60. The van der Waals surface area contributed by atoms with Gasteiger partial charge >= 0.3 is 0 Å². The van der Waals surface area contributed by atoms with Crippen molar-refractivity contribution in [1.82, 2.24) is 4.90 Å². The number of amides is 1. The van der Waals surface area contributed by atoms with E-state index < -0.39 is 15.5 Å². The van der Waals surface area contributed by atoms with Gasteiger partial charge in [-0.25, -0.2) is 0 Å². The molecule has 0 spiro atoms. The van der Waals surface area contributed by atoms with Crippen molar-refractivity contribution in [3.05, 3.63) is 51.5 Å². The topological polar surface area (TPSA) is 91.4 Å². The molecule has 34 heavy (non-hydrogen) atoms. The molecule has 0 bridgehead atoms. The van der Waals surface area contributed by atoms with Gasteiger partial charge in [-0.05, 0) is 42.7 Å². The molecule has 1 saturated heterocycles. The third-order valence-corrected chi connectivity index (χ3v) is 7.30. The van der Waals surface area contributed by atoms with E-state index in [1.807, 2.05) is 6.07 Å². The zero-order valence-electron chi connectivity index (χ0n) is 19.4. The molecule has 186 valence electrons. The fourth-order valence-electron chi connectivity index (χ4n) is 4.23. The average Bonchev–Trinajstić information content (AvgIpc) is 3.23. The molecule has 1 heterocycles. The predicted octanol–water partition coefficient (Wildman–Crippen LogP) is 4.17. The largest absolute Gasteiger partial charge is 0.493 e. The lowest BCUT2D eigenvalue weighted by Crippen LogP contribution is -2.35. The van der Waals surface area contributed by atoms with Crippen LogP contribution in [0.1, 0.15) is 28.8 Å². The van der Waals surface area contributed by atoms with Crippen LogP contribution in [-0.4, -0.2) is 66.5 Å². The second-order valence-electron chi connectivity index (χ2n) is 8.08. The molecular weight excluding hydrogens is 505 g/mol. The summed E-state index contributed by atoms with van der Waals surface area (Å²) < 4.78 is 44.1. The highest BCUT2D eigenvalue weighted by Crippen LogP contribution is 2.42. The van der Waals surface area contributed by atoms with Gasteiger partial charge in [0.1, 0.15) is 0 Å². The number of ether oxygens (including phenoxy) is 3. The normalized spacial score (nSPS) is 18.1. The summed E-state index contributed by atoms with van der Waals surface area (Å²) in [5, 5.41) is 0.799. The van der Waals surface area contributed by atoms with Crippen LogP contribution >= 0.6 is 23.2 Å². The van der Waals surface area contributed by atoms with Crippen molar-refractivity contribution < 1.29 is 31.6 Å². The number of hydrogen-bond acceptors (Lipinski definition) is 7. The lowest BCUT2D eigenvalue weighted by Gasteiger charge is -2.30. The molecule has 2 aromatic rings. The van der Waals surface area contributed by atoms with E-state index in [0.717, 1.165) is 11.8 Å². The Kier molecular flexibility index (Phi) is 8.23. The molecule has 1 fully saturated rings. The van der Waals surface area contributed by atoms with Crippen molar-refractivity contribution in [2.75, 3.05) is 47.3 Å². The molecule has 0 saturated carbocycles. The molecule has 8 nitrogen and oxygen atoms in total. The van der Waals surface area contributed by atoms with E-state index in [9.17, 15) is 13.2 Å². The number of carbonyl (C=O) groups excluding carboxylic acids is 1. The molecule has 0 unspecified atom stereocenters. The Morgan fingerprint density at radius 1 is 1.03 bits per heavy atom. The Labute approximate surface area is 209 Å². The van der Waals surface area contributed by atoms with Gasteiger partial charge < -0.3 is 19.1 Å². The summed E-state index contributed by atoms with van der Waals surface area (Å²) in [6.07, 6.45) is 1.97. The van der Waals surface area contributed by atoms with Gasteiger partial charge in [0.05, 0.1) is 44.2 Å². The zero-order chi connectivity index (χ0) is 25.1. The van der Waals surface area contributed by atoms with Crippen LogP contribution in [0.5, 0.6) is 17.2 Å². The number of carbonyl (C=O) groups is 1. The van der Waals surface area contributed by atoms with Crippen LogP contribution in [0.4, 0.5) is 0 Å². The lowest BCUT2D eigenvalue weighted by molar-refractivity contribution is 0.0779. The molecule has 0 aliphatic carbocycles. The second kappa shape index (κ2) is 10.6. The first-order valence-corrected chi connectivity index (χ1v) is 13.0. The zero-order valence-corrected chi connectivity index (χ0v) is 21.7. The van der Waals surface area contributed by atoms with Crippen LogP contribution in [0, 0.1) is 0 Å². The van der Waals surface area contributed by atoms with E-state index in [-0.39, 0.29) is 12.5 Å². The fourth-order valence-corrected chi connectivity index (χ4v) is 4.92. The molecular formula is C23H27Cl2NO7S. The number of benzene rings is 2. The minimum Gasteiger partial charge on any atom is -0.493 e. The number of hydrogen-bond donors (Lipinski definition) is 0. The first-order valence-electron chi connectivity index (χ1n) is 10.4. The Balaban J connectivity index is 1.93. The highest BCUT2D eigenvalue weighted by atomic mass is 35.5. The first-order chi connectivity index (χ1) is 16.0. The Hall–Kier alpha value is -2.20. The number of nitrogens with zero attached hydrogens (tertiary/aromatic N) is 1. The number of halogens is 2. The van der Waals surface area contributed by atoms with Gasteiger partial charge in [-0.3, -0.25) is 8.98 Å². The standard InChI is InChI=1S/C23H27Cl2NO7S/c1-30-19-11-15(12-20(31-2)21(19)32-3)22(27)26-9-7-23(14-26,8-10-33-34(4,28)29)16-5-6-17(24)18(25)13-16/h5-6,11-13H,7-10,14H2,1-4H3/t23-/m1/s1. The van der Waals surface area contributed by atoms with Crippen molar-refractivity contribution in [1.29, 1.82) is 0 Å². The van der Waals surface area contributed by atoms with Gasteiger partial charge in [-0.15, -0.1) is 0 Å². The fraction of sp³-hybridized carbons (Fsp3) is 0.435. The van der Waals surface area contributed by atoms with Gasteiger partial charge in [-0.1, -0.05) is 29.3 Å². The molecule has 2 aromatic carbocycles. The van der Waals surface area contributed by atoms with Crippen molar-refractivity contribution in [2.45, 2.75) is 18.3 Å². The number of methoxy groups -OCH3 is 3. The maximum Gasteiger partial charge on any atom is 0.264 e. The molecule has 0 aromatic heterocycles. The summed E-state index contributed by atoms with van der Waals surface area (Å²) >= 11 is 12.4. The van der Waals surface area contributed by atoms with E-state index in [1.54, 1.807) is 29.2 Å². The van der Waals surface area contributed by atoms with Crippen molar-refractivity contribution in [3.8, 4) is 17.2 Å². The molecule has 0 N–H and O–H groups in total. The van der Waals surface area contributed by atoms with Crippen LogP contribution in [0.25, 0.3) is 0 Å². The van der Waals surface area contributed by atoms with E-state index >= 15 is 0 Å². The number of rotatable bonds is 9. The highest BCUT2D eigenvalue weighted by molar-refractivity contribution is 7.85. The predicted molar refractivity (Wildman–Crippen MR) is 130 cm³/mol. The smallest absolute Gasteiger partial charge is 0.264 e. The molecule has 1 aliphatic heterocycles. The summed E-state index contributed by atoms with van der Waals surface area (Å²) in [4.78, 5) is 15.2. The summed E-state index contributed by atoms with van der Waals surface area (Å²) in [6, 6.07) is 8.52. The summed E-state index contributed by atoms with van der Waals surface area (Å²) in [7, 11) is 0.860. The van der Waals surface area contributed by atoms with E-state index in [4.69, 9.17) is 41.6 Å². The molecule has 1 aliphatic rings. The Morgan fingerprint density at radius 2 is 1.68 bits per heavy atom. The SMILES string of the molecule is COc1cc(C(=O)N2CC[C@](CCOS(C)(=O)=O)(c3ccc(Cl)c(Cl)c3)C2)cc(OC)c1OC. The molecule has 1 atom stereocenters. The molecule has 0 radical (unpaired) electrons. The summed E-state index contributed by atoms with van der Waals surface area (Å²) in [5.41, 5.74) is 0.681. The maximum absolute atomic E-state index is 13.5. The van der Waals surface area contributed by atoms with Crippen LogP contribution in [0.3, 0.4) is 0 Å². The van der Waals surface area contributed by atoms with Crippen LogP contribution in [0.2, 0.25) is 10.0 Å². The van der Waals surface area contributed by atoms with Gasteiger partial charge in [-0.2, -0.15) is 8.42 Å². The average molecular weight is 532 g/mol. The summed E-state index contributed by atoms with van der Waals surface area (Å²) in [5.74, 6) is 0.930. The highest BCUT2D eigenvalue weighted by Gasteiger charge is 2.42. The van der Waals surface area contributed by atoms with Gasteiger partial charge in [0.2, 0.25) is 5.75 Å². The first kappa shape index (κ1) is 26.4. The minimum absolute atomic E-state index is 0.0225. The van der Waals surface area contributed by atoms with E-state index in [0.29, 0.717) is 58.8 Å². The lowest BCUT2D eigenvalue weighted by atomic mass is 9.77. The third kappa shape index (κ3) is 5.71. The Bertz CT molecular complexity index is 1150. The van der Waals surface area contributed by atoms with E-state index in [1.165, 1.54) is 21.3 Å². The Morgan fingerprint density at radius 3 is 2.21 bits per heavy atom.